The van der Waals surface area contributed by atoms with Crippen molar-refractivity contribution in [2.45, 2.75) is 13.8 Å². The van der Waals surface area contributed by atoms with Crippen LogP contribution in [0.3, 0.4) is 0 Å². The molecular formula is C19H18N4O2. The predicted octanol–water partition coefficient (Wildman–Crippen LogP) is 3.24. The first-order chi connectivity index (χ1) is 12.1. The Morgan fingerprint density at radius 1 is 1.12 bits per heavy atom. The Balaban J connectivity index is 1.80. The van der Waals surface area contributed by atoms with Gasteiger partial charge in [-0.25, -0.2) is 5.43 Å². The minimum atomic E-state index is -0.387. The molecule has 0 radical (unpaired) electrons. The van der Waals surface area contributed by atoms with E-state index in [-0.39, 0.29) is 11.7 Å². The summed E-state index contributed by atoms with van der Waals surface area (Å²) < 4.78 is 0. The number of nitrogens with zero attached hydrogens (tertiary/aromatic N) is 2. The molecule has 0 fully saturated rings. The molecule has 1 heterocycles. The monoisotopic (exact) mass is 334 g/mol. The highest BCUT2D eigenvalue weighted by Crippen LogP contribution is 2.22. The molecule has 3 aromatic rings. The van der Waals surface area contributed by atoms with E-state index in [9.17, 15) is 9.90 Å². The number of nitrogens with one attached hydrogen (secondary N) is 2. The zero-order valence-corrected chi connectivity index (χ0v) is 13.9. The minimum Gasteiger partial charge on any atom is -0.507 e. The zero-order chi connectivity index (χ0) is 17.8. The number of phenols is 1. The summed E-state index contributed by atoms with van der Waals surface area (Å²) in [7, 11) is 0. The van der Waals surface area contributed by atoms with Crippen molar-refractivity contribution in [2.75, 3.05) is 0 Å². The number of carbonyl (C=O) groups excluding carboxylic acids is 1. The average Bonchev–Trinajstić information content (AvgIpc) is 3.02. The van der Waals surface area contributed by atoms with Crippen molar-refractivity contribution in [1.29, 1.82) is 0 Å². The van der Waals surface area contributed by atoms with E-state index in [4.69, 9.17) is 0 Å². The summed E-state index contributed by atoms with van der Waals surface area (Å²) in [6.07, 6.45) is 0. The van der Waals surface area contributed by atoms with Crippen LogP contribution in [0.4, 0.5) is 0 Å². The topological polar surface area (TPSA) is 90.4 Å². The number of H-pyrrole nitrogens is 1. The van der Waals surface area contributed by atoms with Gasteiger partial charge in [0.15, 0.2) is 0 Å². The van der Waals surface area contributed by atoms with Gasteiger partial charge >= 0.3 is 0 Å². The first kappa shape index (κ1) is 16.4. The number of para-hydroxylation sites is 1. The fourth-order valence-corrected chi connectivity index (χ4v) is 2.53. The number of hydrogen-bond donors (Lipinski definition) is 3. The number of carbonyl (C=O) groups is 1. The lowest BCUT2D eigenvalue weighted by Gasteiger charge is -2.04. The Kier molecular flexibility index (Phi) is 4.61. The van der Waals surface area contributed by atoms with Gasteiger partial charge in [-0.1, -0.05) is 42.5 Å². The van der Waals surface area contributed by atoms with Crippen LogP contribution in [0.15, 0.2) is 59.7 Å². The molecule has 0 atom stereocenters. The molecule has 1 aromatic heterocycles. The fourth-order valence-electron chi connectivity index (χ4n) is 2.53. The van der Waals surface area contributed by atoms with E-state index in [1.807, 2.05) is 37.3 Å². The second-order valence-corrected chi connectivity index (χ2v) is 5.59. The number of aromatic hydroxyl groups is 1. The van der Waals surface area contributed by atoms with E-state index >= 15 is 0 Å². The molecule has 0 bridgehead atoms. The molecule has 2 aromatic carbocycles. The summed E-state index contributed by atoms with van der Waals surface area (Å²) in [5, 5.41) is 20.9. The molecule has 0 aliphatic heterocycles. The van der Waals surface area contributed by atoms with Crippen LogP contribution in [-0.4, -0.2) is 26.9 Å². The number of aromatic amines is 1. The lowest BCUT2D eigenvalue weighted by molar-refractivity contribution is 0.0949. The first-order valence-electron chi connectivity index (χ1n) is 7.81. The third kappa shape index (κ3) is 3.42. The molecule has 0 spiro atoms. The van der Waals surface area contributed by atoms with Crippen molar-refractivity contribution in [3.05, 3.63) is 71.4 Å². The van der Waals surface area contributed by atoms with Gasteiger partial charge in [-0.05, 0) is 26.0 Å². The van der Waals surface area contributed by atoms with E-state index in [2.05, 4.69) is 20.7 Å². The largest absolute Gasteiger partial charge is 0.507 e. The van der Waals surface area contributed by atoms with Crippen LogP contribution < -0.4 is 5.43 Å². The van der Waals surface area contributed by atoms with E-state index in [0.29, 0.717) is 17.0 Å². The molecule has 0 aliphatic rings. The molecule has 6 heteroatoms. The van der Waals surface area contributed by atoms with E-state index in [0.717, 1.165) is 16.8 Å². The van der Waals surface area contributed by atoms with Crippen LogP contribution in [0.1, 0.15) is 28.5 Å². The standard InChI is InChI=1S/C19H18N4O2/c1-12-17(14-8-4-3-5-9-14)21-22-18(12)19(25)23-20-13(2)15-10-6-7-11-16(15)24/h3-11,24H,1-2H3,(H,21,22)(H,23,25)/b20-13+. The third-order valence-corrected chi connectivity index (χ3v) is 3.90. The van der Waals surface area contributed by atoms with Crippen molar-refractivity contribution in [2.24, 2.45) is 5.10 Å². The van der Waals surface area contributed by atoms with Gasteiger partial charge in [0, 0.05) is 16.7 Å². The fraction of sp³-hybridized carbons (Fsp3) is 0.105. The van der Waals surface area contributed by atoms with E-state index in [1.165, 1.54) is 0 Å². The molecule has 3 rings (SSSR count). The molecule has 0 aliphatic carbocycles. The average molecular weight is 334 g/mol. The second kappa shape index (κ2) is 7.00. The number of hydrogen-bond acceptors (Lipinski definition) is 4. The van der Waals surface area contributed by atoms with Gasteiger partial charge in [-0.2, -0.15) is 10.2 Å². The van der Waals surface area contributed by atoms with Gasteiger partial charge in [0.05, 0.1) is 11.4 Å². The smallest absolute Gasteiger partial charge is 0.289 e. The zero-order valence-electron chi connectivity index (χ0n) is 13.9. The number of phenolic OH excluding ortho intramolecular Hbond substituents is 1. The molecule has 0 saturated carbocycles. The third-order valence-electron chi connectivity index (χ3n) is 3.90. The summed E-state index contributed by atoms with van der Waals surface area (Å²) >= 11 is 0. The maximum atomic E-state index is 12.4. The van der Waals surface area contributed by atoms with Crippen LogP contribution in [-0.2, 0) is 0 Å². The van der Waals surface area contributed by atoms with Crippen molar-refractivity contribution in [3.63, 3.8) is 0 Å². The Labute approximate surface area is 145 Å². The molecule has 126 valence electrons. The number of hydrazone groups is 1. The van der Waals surface area contributed by atoms with E-state index in [1.54, 1.807) is 31.2 Å². The normalized spacial score (nSPS) is 11.4. The van der Waals surface area contributed by atoms with Crippen LogP contribution in [0.25, 0.3) is 11.3 Å². The Morgan fingerprint density at radius 2 is 1.80 bits per heavy atom. The second-order valence-electron chi connectivity index (χ2n) is 5.59. The van der Waals surface area contributed by atoms with Gasteiger partial charge in [-0.3, -0.25) is 9.89 Å². The van der Waals surface area contributed by atoms with Crippen LogP contribution >= 0.6 is 0 Å². The molecule has 25 heavy (non-hydrogen) atoms. The van der Waals surface area contributed by atoms with Crippen molar-refractivity contribution < 1.29 is 9.90 Å². The highest BCUT2D eigenvalue weighted by molar-refractivity contribution is 6.02. The number of rotatable bonds is 4. The number of amides is 1. The Morgan fingerprint density at radius 3 is 2.52 bits per heavy atom. The van der Waals surface area contributed by atoms with Crippen LogP contribution in [0.2, 0.25) is 0 Å². The summed E-state index contributed by atoms with van der Waals surface area (Å²) in [6.45, 7) is 3.55. The van der Waals surface area contributed by atoms with Crippen molar-refractivity contribution in [1.82, 2.24) is 15.6 Å². The summed E-state index contributed by atoms with van der Waals surface area (Å²) in [4.78, 5) is 12.4. The van der Waals surface area contributed by atoms with Gasteiger partial charge in [0.1, 0.15) is 11.4 Å². The summed E-state index contributed by atoms with van der Waals surface area (Å²) in [6, 6.07) is 16.5. The van der Waals surface area contributed by atoms with Gasteiger partial charge in [0.25, 0.3) is 5.91 Å². The highest BCUT2D eigenvalue weighted by Gasteiger charge is 2.16. The predicted molar refractivity (Wildman–Crippen MR) is 96.5 cm³/mol. The molecule has 1 amide bonds. The Hall–Kier alpha value is -3.41. The summed E-state index contributed by atoms with van der Waals surface area (Å²) in [5.41, 5.74) is 6.33. The van der Waals surface area contributed by atoms with Gasteiger partial charge in [-0.15, -0.1) is 0 Å². The number of aromatic nitrogens is 2. The van der Waals surface area contributed by atoms with Crippen molar-refractivity contribution in [3.8, 4) is 17.0 Å². The van der Waals surface area contributed by atoms with Gasteiger partial charge < -0.3 is 5.11 Å². The molecule has 6 nitrogen and oxygen atoms in total. The lowest BCUT2D eigenvalue weighted by atomic mass is 10.1. The van der Waals surface area contributed by atoms with Crippen molar-refractivity contribution >= 4 is 11.6 Å². The number of benzene rings is 2. The minimum absolute atomic E-state index is 0.113. The molecule has 3 N–H and O–H groups in total. The summed E-state index contributed by atoms with van der Waals surface area (Å²) in [5.74, 6) is -0.274. The molecule has 0 unspecified atom stereocenters. The molecule has 0 saturated heterocycles. The lowest BCUT2D eigenvalue weighted by Crippen LogP contribution is -2.20. The SMILES string of the molecule is C/C(=N\NC(=O)c1[nH]nc(-c2ccccc2)c1C)c1ccccc1O. The highest BCUT2D eigenvalue weighted by atomic mass is 16.3. The van der Waals surface area contributed by atoms with E-state index < -0.39 is 0 Å². The first-order valence-corrected chi connectivity index (χ1v) is 7.81. The maximum absolute atomic E-state index is 12.4. The van der Waals surface area contributed by atoms with Crippen LogP contribution in [0.5, 0.6) is 5.75 Å². The van der Waals surface area contributed by atoms with Crippen LogP contribution in [0, 0.1) is 6.92 Å². The van der Waals surface area contributed by atoms with Gasteiger partial charge in [0.2, 0.25) is 0 Å². The maximum Gasteiger partial charge on any atom is 0.289 e. The molecular weight excluding hydrogens is 316 g/mol. The quantitative estimate of drug-likeness (QED) is 0.505. The Bertz CT molecular complexity index is 930.